The molecule has 2 N–H and O–H groups in total. The van der Waals surface area contributed by atoms with Crippen molar-refractivity contribution < 1.29 is 41.2 Å². The normalized spacial score (nSPS) is 16.6. The Hall–Kier alpha value is -3.61. The van der Waals surface area contributed by atoms with E-state index in [1.165, 1.54) is 25.1 Å². The number of nitrogens with one attached hydrogen (secondary N) is 2. The third-order valence-corrected chi connectivity index (χ3v) is 7.84. The largest absolute Gasteiger partial charge is 0.454 e. The molecule has 1 saturated carbocycles. The van der Waals surface area contributed by atoms with Crippen molar-refractivity contribution in [3.05, 3.63) is 48.0 Å². The number of halogens is 3. The predicted octanol–water partition coefficient (Wildman–Crippen LogP) is 3.99. The minimum atomic E-state index is -4.81. The Morgan fingerprint density at radius 1 is 1.02 bits per heavy atom. The lowest BCUT2D eigenvalue weighted by Crippen LogP contribution is -2.52. The molecule has 0 radical (unpaired) electrons. The number of alkyl halides is 3. The number of hydrogen-bond acceptors (Lipinski definition) is 6. The van der Waals surface area contributed by atoms with E-state index in [2.05, 4.69) is 10.6 Å². The number of anilines is 2. The van der Waals surface area contributed by atoms with Gasteiger partial charge in [0.25, 0.3) is 0 Å². The summed E-state index contributed by atoms with van der Waals surface area (Å²) in [6.45, 7) is 1.38. The number of carbonyl (C=O) groups excluding carboxylic acids is 3. The monoisotopic (exact) mass is 581 g/mol. The van der Waals surface area contributed by atoms with Crippen LogP contribution in [0.4, 0.5) is 24.5 Å². The SMILES string of the molecule is CC(C(=O)NC1CCCCC1)N(C(=O)CS(=O)CC(=O)Nc1ccc2c(c1)OCO2)c1ccccc1C(F)(F)F. The van der Waals surface area contributed by atoms with Gasteiger partial charge in [-0.25, -0.2) is 0 Å². The third-order valence-electron chi connectivity index (χ3n) is 6.69. The van der Waals surface area contributed by atoms with Crippen molar-refractivity contribution in [3.8, 4) is 11.5 Å². The number of ether oxygens (including phenoxy) is 2. The summed E-state index contributed by atoms with van der Waals surface area (Å²) < 4.78 is 64.9. The molecule has 1 aliphatic heterocycles. The van der Waals surface area contributed by atoms with E-state index in [-0.39, 0.29) is 12.8 Å². The second-order valence-electron chi connectivity index (χ2n) is 9.64. The Labute approximate surface area is 231 Å². The molecule has 2 aromatic rings. The van der Waals surface area contributed by atoms with Gasteiger partial charge in [0.2, 0.25) is 24.5 Å². The molecule has 1 aliphatic carbocycles. The van der Waals surface area contributed by atoms with Gasteiger partial charge in [0.15, 0.2) is 11.5 Å². The highest BCUT2D eigenvalue weighted by Crippen LogP contribution is 2.37. The number of para-hydroxylation sites is 1. The zero-order valence-corrected chi connectivity index (χ0v) is 22.6. The lowest BCUT2D eigenvalue weighted by molar-refractivity contribution is -0.137. The lowest BCUT2D eigenvalue weighted by atomic mass is 9.95. The maximum Gasteiger partial charge on any atom is 0.418 e. The fourth-order valence-corrected chi connectivity index (χ4v) is 5.63. The van der Waals surface area contributed by atoms with E-state index < -0.39 is 63.5 Å². The fraction of sp³-hybridized carbons (Fsp3) is 0.444. The summed E-state index contributed by atoms with van der Waals surface area (Å²) in [6, 6.07) is 7.64. The van der Waals surface area contributed by atoms with Gasteiger partial charge in [0.1, 0.15) is 17.5 Å². The Morgan fingerprint density at radius 3 is 2.45 bits per heavy atom. The number of nitrogens with zero attached hydrogens (tertiary/aromatic N) is 1. The van der Waals surface area contributed by atoms with E-state index in [1.807, 2.05) is 0 Å². The number of rotatable bonds is 9. The second-order valence-corrected chi connectivity index (χ2v) is 11.1. The Morgan fingerprint density at radius 2 is 1.73 bits per heavy atom. The van der Waals surface area contributed by atoms with Crippen molar-refractivity contribution >= 4 is 39.9 Å². The molecule has 216 valence electrons. The first kappa shape index (κ1) is 29.4. The fourth-order valence-electron chi connectivity index (χ4n) is 4.74. The molecule has 0 bridgehead atoms. The Bertz CT molecular complexity index is 1280. The molecule has 9 nitrogen and oxygen atoms in total. The molecule has 0 saturated heterocycles. The van der Waals surface area contributed by atoms with Crippen LogP contribution in [0.5, 0.6) is 11.5 Å². The van der Waals surface area contributed by atoms with Gasteiger partial charge < -0.3 is 20.1 Å². The first-order valence-corrected chi connectivity index (χ1v) is 14.3. The van der Waals surface area contributed by atoms with Gasteiger partial charge in [-0.3, -0.25) is 23.5 Å². The van der Waals surface area contributed by atoms with Crippen LogP contribution in [0, 0.1) is 0 Å². The Kier molecular flexibility index (Phi) is 9.33. The van der Waals surface area contributed by atoms with Gasteiger partial charge in [0, 0.05) is 28.6 Å². The number of hydrogen-bond donors (Lipinski definition) is 2. The molecule has 13 heteroatoms. The van der Waals surface area contributed by atoms with Crippen LogP contribution in [-0.4, -0.2) is 52.3 Å². The van der Waals surface area contributed by atoms with E-state index in [0.717, 1.165) is 49.1 Å². The summed E-state index contributed by atoms with van der Waals surface area (Å²) in [7, 11) is -2.08. The molecule has 40 heavy (non-hydrogen) atoms. The summed E-state index contributed by atoms with van der Waals surface area (Å²) in [4.78, 5) is 39.7. The summed E-state index contributed by atoms with van der Waals surface area (Å²) in [6.07, 6.45) is -0.432. The first-order chi connectivity index (χ1) is 19.0. The molecule has 2 atom stereocenters. The van der Waals surface area contributed by atoms with Crippen molar-refractivity contribution in [2.75, 3.05) is 28.5 Å². The highest BCUT2D eigenvalue weighted by atomic mass is 32.2. The molecule has 0 aromatic heterocycles. The van der Waals surface area contributed by atoms with Crippen LogP contribution in [0.3, 0.4) is 0 Å². The molecule has 0 spiro atoms. The number of benzene rings is 2. The van der Waals surface area contributed by atoms with Crippen LogP contribution in [0.15, 0.2) is 42.5 Å². The molecule has 4 rings (SSSR count). The summed E-state index contributed by atoms with van der Waals surface area (Å²) >= 11 is 0. The lowest BCUT2D eigenvalue weighted by Gasteiger charge is -2.32. The van der Waals surface area contributed by atoms with E-state index in [1.54, 1.807) is 12.1 Å². The van der Waals surface area contributed by atoms with Gasteiger partial charge in [0.05, 0.1) is 11.3 Å². The van der Waals surface area contributed by atoms with Crippen LogP contribution in [-0.2, 0) is 31.4 Å². The van der Waals surface area contributed by atoms with Crippen molar-refractivity contribution in [2.45, 2.75) is 57.3 Å². The van der Waals surface area contributed by atoms with Crippen LogP contribution >= 0.6 is 0 Å². The van der Waals surface area contributed by atoms with Gasteiger partial charge >= 0.3 is 6.18 Å². The smallest absolute Gasteiger partial charge is 0.418 e. The molecule has 1 fully saturated rings. The highest BCUT2D eigenvalue weighted by Gasteiger charge is 2.39. The summed E-state index contributed by atoms with van der Waals surface area (Å²) in [5.41, 5.74) is -1.27. The third kappa shape index (κ3) is 7.32. The molecule has 1 heterocycles. The summed E-state index contributed by atoms with van der Waals surface area (Å²) in [5, 5.41) is 5.39. The topological polar surface area (TPSA) is 114 Å². The molecular formula is C27H30F3N3O6S. The average molecular weight is 582 g/mol. The number of amides is 3. The van der Waals surface area contributed by atoms with Gasteiger partial charge in [-0.1, -0.05) is 31.4 Å². The van der Waals surface area contributed by atoms with E-state index in [0.29, 0.717) is 17.2 Å². The zero-order valence-electron chi connectivity index (χ0n) is 21.8. The van der Waals surface area contributed by atoms with Crippen LogP contribution in [0.25, 0.3) is 0 Å². The van der Waals surface area contributed by atoms with Crippen LogP contribution < -0.4 is 25.0 Å². The molecule has 2 unspecified atom stereocenters. The quantitative estimate of drug-likeness (QED) is 0.463. The zero-order chi connectivity index (χ0) is 28.9. The predicted molar refractivity (Wildman–Crippen MR) is 142 cm³/mol. The molecular weight excluding hydrogens is 551 g/mol. The van der Waals surface area contributed by atoms with Gasteiger partial charge in [-0.15, -0.1) is 0 Å². The molecule has 2 aliphatic rings. The van der Waals surface area contributed by atoms with Crippen molar-refractivity contribution in [1.29, 1.82) is 0 Å². The second kappa shape index (κ2) is 12.7. The highest BCUT2D eigenvalue weighted by molar-refractivity contribution is 7.86. The van der Waals surface area contributed by atoms with E-state index in [9.17, 15) is 31.8 Å². The minimum Gasteiger partial charge on any atom is -0.454 e. The van der Waals surface area contributed by atoms with Crippen LogP contribution in [0.2, 0.25) is 0 Å². The number of fused-ring (bicyclic) bond motifs is 1. The average Bonchev–Trinajstić information content (AvgIpc) is 3.37. The van der Waals surface area contributed by atoms with E-state index >= 15 is 0 Å². The maximum absolute atomic E-state index is 13.9. The standard InChI is InChI=1S/C27H30F3N3O6S/c1-17(26(36)32-18-7-3-2-4-8-18)33(21-10-6-5-9-20(21)27(28,29)30)25(35)15-40(37)14-24(34)31-19-11-12-22-23(13-19)39-16-38-22/h5-6,9-13,17-18H,2-4,7-8,14-16H2,1H3,(H,31,34)(H,32,36). The maximum atomic E-state index is 13.9. The summed E-state index contributed by atoms with van der Waals surface area (Å²) in [5.74, 6) is -2.67. The van der Waals surface area contributed by atoms with Crippen molar-refractivity contribution in [2.24, 2.45) is 0 Å². The van der Waals surface area contributed by atoms with Crippen LogP contribution in [0.1, 0.15) is 44.6 Å². The molecule has 2 aromatic carbocycles. The Balaban J connectivity index is 1.48. The van der Waals surface area contributed by atoms with Crippen molar-refractivity contribution in [3.63, 3.8) is 0 Å². The van der Waals surface area contributed by atoms with Crippen molar-refractivity contribution in [1.82, 2.24) is 5.32 Å². The molecule has 3 amide bonds. The minimum absolute atomic E-state index is 0.0456. The number of carbonyl (C=O) groups is 3. The first-order valence-electron chi connectivity index (χ1n) is 12.9. The van der Waals surface area contributed by atoms with Gasteiger partial charge in [-0.2, -0.15) is 13.2 Å². The van der Waals surface area contributed by atoms with E-state index in [4.69, 9.17) is 9.47 Å². The van der Waals surface area contributed by atoms with Gasteiger partial charge in [-0.05, 0) is 44.0 Å².